The van der Waals surface area contributed by atoms with Crippen LogP contribution in [-0.2, 0) is 27.9 Å². The van der Waals surface area contributed by atoms with Gasteiger partial charge in [-0.2, -0.15) is 0 Å². The number of ether oxygens (including phenoxy) is 1. The average Bonchev–Trinajstić information content (AvgIpc) is 3.67. The van der Waals surface area contributed by atoms with Gasteiger partial charge in [0.25, 0.3) is 5.91 Å². The van der Waals surface area contributed by atoms with E-state index >= 15 is 0 Å². The largest absolute Gasteiger partial charge is 0.390 e. The van der Waals surface area contributed by atoms with E-state index in [0.29, 0.717) is 44.1 Å². The molecule has 2 aromatic carbocycles. The number of nitrogens with one attached hydrogen (secondary N) is 1. The lowest BCUT2D eigenvalue weighted by molar-refractivity contribution is -0.122. The number of carbonyl (C=O) groups excluding carboxylic acids is 2. The highest BCUT2D eigenvalue weighted by atomic mass is 16.5. The van der Waals surface area contributed by atoms with E-state index in [9.17, 15) is 14.7 Å². The molecule has 2 fully saturated rings. The number of nitrogens with zero attached hydrogens (tertiary/aromatic N) is 2. The van der Waals surface area contributed by atoms with Crippen LogP contribution in [0.1, 0.15) is 52.7 Å². The summed E-state index contributed by atoms with van der Waals surface area (Å²) in [7, 11) is 0. The molecule has 3 aliphatic heterocycles. The zero-order valence-electron chi connectivity index (χ0n) is 20.7. The van der Waals surface area contributed by atoms with E-state index in [1.165, 1.54) is 11.1 Å². The number of aliphatic hydroxyl groups excluding tert-OH is 1. The number of rotatable bonds is 6. The Morgan fingerprint density at radius 1 is 1.11 bits per heavy atom. The van der Waals surface area contributed by atoms with Gasteiger partial charge in [-0.1, -0.05) is 30.3 Å². The number of benzene rings is 2. The molecule has 2 N–H and O–H groups in total. The van der Waals surface area contributed by atoms with Crippen LogP contribution in [0, 0.1) is 5.92 Å². The Kier molecular flexibility index (Phi) is 6.32. The van der Waals surface area contributed by atoms with E-state index in [4.69, 9.17) is 4.74 Å². The van der Waals surface area contributed by atoms with E-state index in [0.717, 1.165) is 50.8 Å². The van der Waals surface area contributed by atoms with Gasteiger partial charge in [0.2, 0.25) is 5.91 Å². The maximum absolute atomic E-state index is 13.5. The monoisotopic (exact) mass is 489 g/mol. The highest BCUT2D eigenvalue weighted by Crippen LogP contribution is 2.52. The summed E-state index contributed by atoms with van der Waals surface area (Å²) < 4.78 is 5.37. The predicted octanol–water partition coefficient (Wildman–Crippen LogP) is 2.96. The Hall–Kier alpha value is -2.74. The second-order valence-corrected chi connectivity index (χ2v) is 11.0. The Labute approximate surface area is 212 Å². The van der Waals surface area contributed by atoms with Crippen LogP contribution in [0.15, 0.2) is 42.5 Å². The summed E-state index contributed by atoms with van der Waals surface area (Å²) in [5.41, 5.74) is 5.14. The number of aliphatic hydroxyl groups is 1. The van der Waals surface area contributed by atoms with Gasteiger partial charge in [0, 0.05) is 68.5 Å². The minimum Gasteiger partial charge on any atom is -0.390 e. The van der Waals surface area contributed by atoms with Gasteiger partial charge >= 0.3 is 0 Å². The van der Waals surface area contributed by atoms with Crippen molar-refractivity contribution in [3.8, 4) is 0 Å². The van der Waals surface area contributed by atoms with Crippen molar-refractivity contribution in [3.63, 3.8) is 0 Å². The number of hydrogen-bond donors (Lipinski definition) is 2. The fourth-order valence-corrected chi connectivity index (χ4v) is 6.20. The van der Waals surface area contributed by atoms with Crippen molar-refractivity contribution in [3.05, 3.63) is 64.7 Å². The van der Waals surface area contributed by atoms with Crippen LogP contribution in [0.4, 0.5) is 5.69 Å². The van der Waals surface area contributed by atoms with Crippen molar-refractivity contribution in [1.29, 1.82) is 0 Å². The topological polar surface area (TPSA) is 82.1 Å². The van der Waals surface area contributed by atoms with Gasteiger partial charge in [-0.25, -0.2) is 0 Å². The lowest BCUT2D eigenvalue weighted by Crippen LogP contribution is -2.49. The Bertz CT molecular complexity index is 1150. The number of fused-ring (bicyclic) bond motifs is 3. The zero-order chi connectivity index (χ0) is 24.7. The quantitative estimate of drug-likeness (QED) is 0.652. The first-order valence-corrected chi connectivity index (χ1v) is 13.3. The van der Waals surface area contributed by atoms with E-state index in [1.807, 2.05) is 23.1 Å². The standard InChI is InChI=1S/C29H35N3O4/c33-24(17-31-12-7-20-3-1-2-4-22(20)16-31)18-32-19-29(10-11-29)26-6-5-23(15-25(26)28(32)35)30-27(34)21-8-13-36-14-9-21/h1-6,15,21,24,33H,7-14,16-19H2,(H,30,34)/t24-/m1/s1. The minimum absolute atomic E-state index is 0.00183. The van der Waals surface area contributed by atoms with Crippen molar-refractivity contribution in [2.75, 3.05) is 44.7 Å². The molecule has 7 heteroatoms. The summed E-state index contributed by atoms with van der Waals surface area (Å²) in [5.74, 6) is -0.0978. The van der Waals surface area contributed by atoms with Crippen LogP contribution < -0.4 is 5.32 Å². The van der Waals surface area contributed by atoms with Crippen LogP contribution in [0.25, 0.3) is 0 Å². The first-order valence-electron chi connectivity index (χ1n) is 13.3. The summed E-state index contributed by atoms with van der Waals surface area (Å²) in [5, 5.41) is 14.0. The van der Waals surface area contributed by atoms with Crippen LogP contribution in [-0.4, -0.2) is 72.2 Å². The van der Waals surface area contributed by atoms with E-state index in [2.05, 4.69) is 34.5 Å². The normalized spacial score (nSPS) is 22.1. The molecule has 190 valence electrons. The summed E-state index contributed by atoms with van der Waals surface area (Å²) >= 11 is 0. The molecule has 1 atom stereocenters. The highest BCUT2D eigenvalue weighted by molar-refractivity contribution is 6.00. The molecule has 0 bridgehead atoms. The molecule has 4 aliphatic rings. The van der Waals surface area contributed by atoms with Gasteiger partial charge in [-0.05, 0) is 60.9 Å². The number of amides is 2. The third-order valence-electron chi connectivity index (χ3n) is 8.43. The highest BCUT2D eigenvalue weighted by Gasteiger charge is 2.51. The maximum atomic E-state index is 13.5. The third-order valence-corrected chi connectivity index (χ3v) is 8.43. The van der Waals surface area contributed by atoms with Crippen molar-refractivity contribution < 1.29 is 19.4 Å². The zero-order valence-corrected chi connectivity index (χ0v) is 20.7. The molecule has 0 unspecified atom stereocenters. The van der Waals surface area contributed by atoms with E-state index in [-0.39, 0.29) is 23.1 Å². The van der Waals surface area contributed by atoms with Gasteiger partial charge in [0.05, 0.1) is 6.10 Å². The van der Waals surface area contributed by atoms with Gasteiger partial charge in [0.1, 0.15) is 0 Å². The van der Waals surface area contributed by atoms with Crippen molar-refractivity contribution in [2.45, 2.75) is 50.2 Å². The first kappa shape index (κ1) is 23.6. The molecule has 0 aromatic heterocycles. The fourth-order valence-electron chi connectivity index (χ4n) is 6.20. The summed E-state index contributed by atoms with van der Waals surface area (Å²) in [4.78, 5) is 30.4. The molecule has 2 aromatic rings. The molecule has 36 heavy (non-hydrogen) atoms. The molecule has 2 amide bonds. The molecule has 1 spiro atoms. The third kappa shape index (κ3) is 4.67. The Morgan fingerprint density at radius 2 is 1.89 bits per heavy atom. The van der Waals surface area contributed by atoms with Crippen LogP contribution in [0.2, 0.25) is 0 Å². The van der Waals surface area contributed by atoms with Crippen molar-refractivity contribution >= 4 is 17.5 Å². The molecular formula is C29H35N3O4. The molecule has 0 radical (unpaired) electrons. The van der Waals surface area contributed by atoms with Crippen molar-refractivity contribution in [2.24, 2.45) is 5.92 Å². The second-order valence-electron chi connectivity index (χ2n) is 11.0. The van der Waals surface area contributed by atoms with Gasteiger partial charge in [0.15, 0.2) is 0 Å². The van der Waals surface area contributed by atoms with E-state index in [1.54, 1.807) is 0 Å². The maximum Gasteiger partial charge on any atom is 0.254 e. The number of β-amino-alcohol motifs (C(OH)–C–C–N with tert-alkyl or cyclic N) is 1. The molecule has 1 saturated carbocycles. The molecule has 1 aliphatic carbocycles. The van der Waals surface area contributed by atoms with Crippen LogP contribution in [0.5, 0.6) is 0 Å². The molecular weight excluding hydrogens is 454 g/mol. The fraction of sp³-hybridized carbons (Fsp3) is 0.517. The van der Waals surface area contributed by atoms with Gasteiger partial charge < -0.3 is 20.1 Å². The molecule has 7 nitrogen and oxygen atoms in total. The lowest BCUT2D eigenvalue weighted by atomic mass is 9.86. The number of anilines is 1. The lowest BCUT2D eigenvalue weighted by Gasteiger charge is -2.37. The smallest absolute Gasteiger partial charge is 0.254 e. The Morgan fingerprint density at radius 3 is 2.67 bits per heavy atom. The predicted molar refractivity (Wildman–Crippen MR) is 137 cm³/mol. The SMILES string of the molecule is O=C(Nc1ccc2c(c1)C(=O)N(C[C@H](O)CN1CCc3ccccc3C1)CC21CC1)C1CCOCC1. The first-order chi connectivity index (χ1) is 17.5. The Balaban J connectivity index is 1.13. The van der Waals surface area contributed by atoms with Crippen LogP contribution in [0.3, 0.4) is 0 Å². The minimum atomic E-state index is -0.604. The van der Waals surface area contributed by atoms with Crippen LogP contribution >= 0.6 is 0 Å². The van der Waals surface area contributed by atoms with Crippen molar-refractivity contribution in [1.82, 2.24) is 9.80 Å². The van der Waals surface area contributed by atoms with Gasteiger partial charge in [-0.15, -0.1) is 0 Å². The summed E-state index contributed by atoms with van der Waals surface area (Å²) in [6.07, 6.45) is 3.95. The molecule has 6 rings (SSSR count). The number of hydrogen-bond acceptors (Lipinski definition) is 5. The molecule has 3 heterocycles. The van der Waals surface area contributed by atoms with E-state index < -0.39 is 6.10 Å². The van der Waals surface area contributed by atoms with Gasteiger partial charge in [-0.3, -0.25) is 14.5 Å². The molecule has 1 saturated heterocycles. The number of carbonyl (C=O) groups is 2. The second kappa shape index (κ2) is 9.61. The summed E-state index contributed by atoms with van der Waals surface area (Å²) in [6.45, 7) is 4.53. The summed E-state index contributed by atoms with van der Waals surface area (Å²) in [6, 6.07) is 14.3. The average molecular weight is 490 g/mol.